The molecule has 98 valence electrons. The van der Waals surface area contributed by atoms with Gasteiger partial charge in [0.05, 0.1) is 16.7 Å². The summed E-state index contributed by atoms with van der Waals surface area (Å²) in [5, 5.41) is 14.0. The van der Waals surface area contributed by atoms with Gasteiger partial charge in [-0.1, -0.05) is 6.07 Å². The first kappa shape index (κ1) is 13.7. The van der Waals surface area contributed by atoms with Crippen molar-refractivity contribution in [3.05, 3.63) is 62.0 Å². The molecule has 1 heterocycles. The summed E-state index contributed by atoms with van der Waals surface area (Å²) in [6.45, 7) is 2.00. The van der Waals surface area contributed by atoms with Gasteiger partial charge in [-0.2, -0.15) is 0 Å². The Hall–Kier alpha value is -1.70. The predicted molar refractivity (Wildman–Crippen MR) is 82.1 cm³/mol. The number of hydrogen-bond acceptors (Lipinski definition) is 4. The fourth-order valence-corrected chi connectivity index (χ4v) is 2.33. The van der Waals surface area contributed by atoms with Gasteiger partial charge in [-0.25, -0.2) is 0 Å². The highest BCUT2D eigenvalue weighted by Crippen LogP contribution is 2.26. The van der Waals surface area contributed by atoms with Gasteiger partial charge in [0.15, 0.2) is 0 Å². The number of pyridine rings is 1. The lowest BCUT2D eigenvalue weighted by atomic mass is 10.2. The predicted octanol–water partition coefficient (Wildman–Crippen LogP) is 3.77. The Bertz CT molecular complexity index is 590. The SMILES string of the molecule is CC(Nc1ccc([N+](=O)[O-])cc1I)c1ccccn1. The van der Waals surface area contributed by atoms with Gasteiger partial charge in [0.2, 0.25) is 0 Å². The molecule has 1 aromatic carbocycles. The first-order valence-corrected chi connectivity index (χ1v) is 6.77. The van der Waals surface area contributed by atoms with Gasteiger partial charge in [0.1, 0.15) is 0 Å². The van der Waals surface area contributed by atoms with E-state index in [4.69, 9.17) is 0 Å². The highest BCUT2D eigenvalue weighted by molar-refractivity contribution is 14.1. The number of benzene rings is 1. The maximum atomic E-state index is 10.7. The zero-order valence-corrected chi connectivity index (χ0v) is 12.4. The summed E-state index contributed by atoms with van der Waals surface area (Å²) < 4.78 is 0.814. The number of hydrogen-bond donors (Lipinski definition) is 1. The fraction of sp³-hybridized carbons (Fsp3) is 0.154. The zero-order chi connectivity index (χ0) is 13.8. The van der Waals surface area contributed by atoms with Crippen LogP contribution in [0.4, 0.5) is 11.4 Å². The highest BCUT2D eigenvalue weighted by atomic mass is 127. The third-order valence-electron chi connectivity index (χ3n) is 2.67. The molecule has 5 nitrogen and oxygen atoms in total. The lowest BCUT2D eigenvalue weighted by molar-refractivity contribution is -0.384. The molecule has 1 unspecified atom stereocenters. The number of nitro groups is 1. The van der Waals surface area contributed by atoms with Gasteiger partial charge >= 0.3 is 0 Å². The molecule has 0 spiro atoms. The maximum absolute atomic E-state index is 10.7. The third-order valence-corrected chi connectivity index (χ3v) is 3.56. The number of anilines is 1. The van der Waals surface area contributed by atoms with Crippen LogP contribution in [0.15, 0.2) is 42.6 Å². The Morgan fingerprint density at radius 1 is 1.37 bits per heavy atom. The van der Waals surface area contributed by atoms with Crippen LogP contribution >= 0.6 is 22.6 Å². The number of nitrogens with zero attached hydrogens (tertiary/aromatic N) is 2. The van der Waals surface area contributed by atoms with Crippen LogP contribution < -0.4 is 5.32 Å². The molecule has 0 aliphatic rings. The van der Waals surface area contributed by atoms with Gasteiger partial charge in [0, 0.05) is 27.6 Å². The molecule has 0 saturated heterocycles. The third kappa shape index (κ3) is 3.40. The van der Waals surface area contributed by atoms with Crippen molar-refractivity contribution in [2.75, 3.05) is 5.32 Å². The summed E-state index contributed by atoms with van der Waals surface area (Å²) in [4.78, 5) is 14.6. The lowest BCUT2D eigenvalue weighted by Gasteiger charge is -2.15. The van der Waals surface area contributed by atoms with E-state index in [-0.39, 0.29) is 11.7 Å². The van der Waals surface area contributed by atoms with Crippen molar-refractivity contribution in [1.82, 2.24) is 4.98 Å². The fourth-order valence-electron chi connectivity index (χ4n) is 1.67. The Balaban J connectivity index is 2.18. The summed E-state index contributed by atoms with van der Waals surface area (Å²) >= 11 is 2.08. The minimum atomic E-state index is -0.395. The van der Waals surface area contributed by atoms with Crippen LogP contribution in [-0.2, 0) is 0 Å². The van der Waals surface area contributed by atoms with E-state index in [1.54, 1.807) is 18.3 Å². The van der Waals surface area contributed by atoms with Crippen molar-refractivity contribution >= 4 is 34.0 Å². The van der Waals surface area contributed by atoms with Gasteiger partial charge in [0.25, 0.3) is 5.69 Å². The number of aromatic nitrogens is 1. The summed E-state index contributed by atoms with van der Waals surface area (Å²) in [6, 6.07) is 10.5. The first-order chi connectivity index (χ1) is 9.08. The molecule has 0 saturated carbocycles. The van der Waals surface area contributed by atoms with Crippen LogP contribution in [0.5, 0.6) is 0 Å². The molecule has 1 N–H and O–H groups in total. The van der Waals surface area contributed by atoms with Crippen LogP contribution in [0.3, 0.4) is 0 Å². The van der Waals surface area contributed by atoms with Crippen molar-refractivity contribution in [3.63, 3.8) is 0 Å². The van der Waals surface area contributed by atoms with Crippen molar-refractivity contribution in [3.8, 4) is 0 Å². The number of non-ortho nitro benzene ring substituents is 1. The first-order valence-electron chi connectivity index (χ1n) is 5.69. The van der Waals surface area contributed by atoms with Gasteiger partial charge in [-0.3, -0.25) is 15.1 Å². The number of nitrogens with one attached hydrogen (secondary N) is 1. The standard InChI is InChI=1S/C13H12IN3O2/c1-9(12-4-2-3-7-15-12)16-13-6-5-10(17(18)19)8-11(13)14/h2-9,16H,1H3. The van der Waals surface area contributed by atoms with Crippen LogP contribution in [0.25, 0.3) is 0 Å². The van der Waals surface area contributed by atoms with E-state index in [1.807, 2.05) is 25.1 Å². The van der Waals surface area contributed by atoms with E-state index in [1.165, 1.54) is 6.07 Å². The van der Waals surface area contributed by atoms with E-state index in [0.29, 0.717) is 0 Å². The van der Waals surface area contributed by atoms with E-state index >= 15 is 0 Å². The van der Waals surface area contributed by atoms with Crippen LogP contribution in [-0.4, -0.2) is 9.91 Å². The van der Waals surface area contributed by atoms with Crippen molar-refractivity contribution in [2.24, 2.45) is 0 Å². The average Bonchev–Trinajstić information content (AvgIpc) is 2.41. The topological polar surface area (TPSA) is 68.1 Å². The minimum Gasteiger partial charge on any atom is -0.376 e. The van der Waals surface area contributed by atoms with E-state index in [2.05, 4.69) is 32.9 Å². The second-order valence-corrected chi connectivity index (χ2v) is 5.20. The molecule has 19 heavy (non-hydrogen) atoms. The lowest BCUT2D eigenvalue weighted by Crippen LogP contribution is -2.09. The zero-order valence-electron chi connectivity index (χ0n) is 10.2. The molecule has 2 rings (SSSR count). The van der Waals surface area contributed by atoms with Gasteiger partial charge in [-0.05, 0) is 47.7 Å². The monoisotopic (exact) mass is 369 g/mol. The summed E-state index contributed by atoms with van der Waals surface area (Å²) in [7, 11) is 0. The number of rotatable bonds is 4. The molecular formula is C13H12IN3O2. The Morgan fingerprint density at radius 2 is 2.16 bits per heavy atom. The van der Waals surface area contributed by atoms with E-state index < -0.39 is 4.92 Å². The molecule has 1 aromatic heterocycles. The molecule has 6 heteroatoms. The molecule has 0 bridgehead atoms. The number of halogens is 1. The van der Waals surface area contributed by atoms with E-state index in [0.717, 1.165) is 15.0 Å². The van der Waals surface area contributed by atoms with Crippen molar-refractivity contribution < 1.29 is 4.92 Å². The molecule has 0 aliphatic heterocycles. The highest BCUT2D eigenvalue weighted by Gasteiger charge is 2.12. The molecule has 0 fully saturated rings. The number of nitro benzene ring substituents is 1. The van der Waals surface area contributed by atoms with Crippen molar-refractivity contribution in [1.29, 1.82) is 0 Å². The molecule has 0 aliphatic carbocycles. The smallest absolute Gasteiger partial charge is 0.270 e. The van der Waals surface area contributed by atoms with Crippen LogP contribution in [0.2, 0.25) is 0 Å². The summed E-state index contributed by atoms with van der Waals surface area (Å²) in [5.41, 5.74) is 1.89. The Kier molecular flexibility index (Phi) is 4.31. The normalized spacial score (nSPS) is 11.9. The molecule has 0 amide bonds. The Morgan fingerprint density at radius 3 is 2.74 bits per heavy atom. The molecule has 0 radical (unpaired) electrons. The average molecular weight is 369 g/mol. The molecule has 2 aromatic rings. The largest absolute Gasteiger partial charge is 0.376 e. The second kappa shape index (κ2) is 5.96. The van der Waals surface area contributed by atoms with Crippen LogP contribution in [0.1, 0.15) is 18.7 Å². The van der Waals surface area contributed by atoms with Crippen molar-refractivity contribution in [2.45, 2.75) is 13.0 Å². The molecular weight excluding hydrogens is 357 g/mol. The van der Waals surface area contributed by atoms with E-state index in [9.17, 15) is 10.1 Å². The minimum absolute atomic E-state index is 0.0381. The van der Waals surface area contributed by atoms with Gasteiger partial charge < -0.3 is 5.32 Å². The summed E-state index contributed by atoms with van der Waals surface area (Å²) in [6.07, 6.45) is 1.74. The summed E-state index contributed by atoms with van der Waals surface area (Å²) in [5.74, 6) is 0. The quantitative estimate of drug-likeness (QED) is 0.506. The maximum Gasteiger partial charge on any atom is 0.270 e. The molecule has 1 atom stereocenters. The Labute approximate surface area is 124 Å². The second-order valence-electron chi connectivity index (χ2n) is 4.04. The van der Waals surface area contributed by atoms with Gasteiger partial charge in [-0.15, -0.1) is 0 Å². The van der Waals surface area contributed by atoms with Crippen LogP contribution in [0, 0.1) is 13.7 Å².